The molecule has 0 saturated carbocycles. The maximum atomic E-state index is 8.94. The fraction of sp³-hybridized carbons (Fsp3) is 0.273. The second-order valence-corrected chi connectivity index (χ2v) is 3.47. The van der Waals surface area contributed by atoms with Gasteiger partial charge in [-0.25, -0.2) is 0 Å². The number of aliphatic hydroxyl groups excluding tert-OH is 1. The predicted octanol–water partition coefficient (Wildman–Crippen LogP) is 1.17. The third-order valence-electron chi connectivity index (χ3n) is 2.45. The molecule has 2 rings (SSSR count). The zero-order chi connectivity index (χ0) is 10.8. The van der Waals surface area contributed by atoms with Gasteiger partial charge in [-0.2, -0.15) is 0 Å². The number of nitrogens with one attached hydrogen (secondary N) is 1. The first-order valence-corrected chi connectivity index (χ1v) is 4.77. The lowest BCUT2D eigenvalue weighted by Crippen LogP contribution is -2.14. The summed E-state index contributed by atoms with van der Waals surface area (Å²) < 4.78 is 5.12. The number of methoxy groups -OCH3 is 1. The lowest BCUT2D eigenvalue weighted by molar-refractivity contribution is 0.266. The molecule has 0 bridgehead atoms. The van der Waals surface area contributed by atoms with E-state index in [2.05, 4.69) is 4.98 Å². The highest BCUT2D eigenvalue weighted by molar-refractivity contribution is 5.82. The number of aliphatic hydroxyl groups is 1. The van der Waals surface area contributed by atoms with Crippen LogP contribution in [0.1, 0.15) is 11.7 Å². The topological polar surface area (TPSA) is 71.3 Å². The fourth-order valence-electron chi connectivity index (χ4n) is 1.55. The third kappa shape index (κ3) is 1.82. The number of benzene rings is 1. The van der Waals surface area contributed by atoms with Crippen molar-refractivity contribution in [1.29, 1.82) is 0 Å². The molecule has 1 aromatic heterocycles. The van der Waals surface area contributed by atoms with Crippen LogP contribution in [0.2, 0.25) is 0 Å². The van der Waals surface area contributed by atoms with Crippen LogP contribution in [0.4, 0.5) is 0 Å². The first-order valence-electron chi connectivity index (χ1n) is 4.77. The minimum atomic E-state index is -0.358. The largest absolute Gasteiger partial charge is 0.497 e. The van der Waals surface area contributed by atoms with Crippen molar-refractivity contribution in [1.82, 2.24) is 4.98 Å². The lowest BCUT2D eigenvalue weighted by Gasteiger charge is -2.03. The molecule has 1 atom stereocenters. The molecule has 2 aromatic rings. The van der Waals surface area contributed by atoms with Gasteiger partial charge in [0.25, 0.3) is 0 Å². The van der Waals surface area contributed by atoms with Gasteiger partial charge in [0, 0.05) is 17.3 Å². The van der Waals surface area contributed by atoms with Gasteiger partial charge in [0.1, 0.15) is 5.75 Å². The van der Waals surface area contributed by atoms with Crippen LogP contribution in [0.25, 0.3) is 10.9 Å². The van der Waals surface area contributed by atoms with E-state index in [9.17, 15) is 0 Å². The van der Waals surface area contributed by atoms with Crippen molar-refractivity contribution in [3.05, 3.63) is 30.0 Å². The summed E-state index contributed by atoms with van der Waals surface area (Å²) in [5, 5.41) is 10.0. The average molecular weight is 206 g/mol. The van der Waals surface area contributed by atoms with Crippen molar-refractivity contribution >= 4 is 10.9 Å². The number of nitrogens with two attached hydrogens (primary N) is 1. The van der Waals surface area contributed by atoms with Crippen molar-refractivity contribution in [3.63, 3.8) is 0 Å². The van der Waals surface area contributed by atoms with Crippen LogP contribution in [0.15, 0.2) is 24.3 Å². The summed E-state index contributed by atoms with van der Waals surface area (Å²) in [7, 11) is 1.63. The van der Waals surface area contributed by atoms with Gasteiger partial charge in [-0.05, 0) is 23.6 Å². The standard InChI is InChI=1S/C11H14N2O2/c1-15-8-3-2-7-4-11(9(12)6-14)13-10(7)5-8/h2-5,9,13-14H,6,12H2,1H3/t9-/m0/s1. The highest BCUT2D eigenvalue weighted by atomic mass is 16.5. The summed E-state index contributed by atoms with van der Waals surface area (Å²) in [5.41, 5.74) is 7.52. The molecule has 1 aromatic carbocycles. The van der Waals surface area contributed by atoms with E-state index in [0.717, 1.165) is 22.3 Å². The molecule has 0 amide bonds. The van der Waals surface area contributed by atoms with Crippen molar-refractivity contribution < 1.29 is 9.84 Å². The molecular formula is C11H14N2O2. The van der Waals surface area contributed by atoms with E-state index in [-0.39, 0.29) is 12.6 Å². The van der Waals surface area contributed by atoms with Gasteiger partial charge < -0.3 is 20.6 Å². The number of hydrogen-bond acceptors (Lipinski definition) is 3. The van der Waals surface area contributed by atoms with Gasteiger partial charge in [0.05, 0.1) is 19.8 Å². The molecule has 4 N–H and O–H groups in total. The first kappa shape index (κ1) is 10.0. The normalized spacial score (nSPS) is 13.0. The zero-order valence-corrected chi connectivity index (χ0v) is 8.53. The van der Waals surface area contributed by atoms with Gasteiger partial charge in [0.15, 0.2) is 0 Å². The highest BCUT2D eigenvalue weighted by Crippen LogP contribution is 2.23. The van der Waals surface area contributed by atoms with Gasteiger partial charge >= 0.3 is 0 Å². The van der Waals surface area contributed by atoms with Crippen LogP contribution in [0, 0.1) is 0 Å². The summed E-state index contributed by atoms with van der Waals surface area (Å²) >= 11 is 0. The zero-order valence-electron chi connectivity index (χ0n) is 8.53. The van der Waals surface area contributed by atoms with Crippen LogP contribution < -0.4 is 10.5 Å². The molecule has 0 unspecified atom stereocenters. The Balaban J connectivity index is 2.46. The minimum absolute atomic E-state index is 0.0655. The minimum Gasteiger partial charge on any atom is -0.497 e. The van der Waals surface area contributed by atoms with Crippen molar-refractivity contribution in [2.75, 3.05) is 13.7 Å². The van der Waals surface area contributed by atoms with Gasteiger partial charge in [0.2, 0.25) is 0 Å². The Hall–Kier alpha value is -1.52. The molecular weight excluding hydrogens is 192 g/mol. The SMILES string of the molecule is COc1ccc2cc([C@@H](N)CO)[nH]c2c1. The van der Waals surface area contributed by atoms with E-state index in [1.165, 1.54) is 0 Å². The Morgan fingerprint density at radius 1 is 1.47 bits per heavy atom. The Bertz CT molecular complexity index is 465. The summed E-state index contributed by atoms with van der Waals surface area (Å²) in [6, 6.07) is 7.34. The van der Waals surface area contributed by atoms with Crippen LogP contribution in [-0.2, 0) is 0 Å². The molecule has 4 nitrogen and oxygen atoms in total. The lowest BCUT2D eigenvalue weighted by atomic mass is 10.2. The highest BCUT2D eigenvalue weighted by Gasteiger charge is 2.08. The van der Waals surface area contributed by atoms with E-state index in [1.54, 1.807) is 7.11 Å². The van der Waals surface area contributed by atoms with Gasteiger partial charge in [-0.15, -0.1) is 0 Å². The molecule has 0 fully saturated rings. The van der Waals surface area contributed by atoms with Crippen LogP contribution in [0.3, 0.4) is 0 Å². The van der Waals surface area contributed by atoms with E-state index < -0.39 is 0 Å². The van der Waals surface area contributed by atoms with E-state index in [0.29, 0.717) is 0 Å². The summed E-state index contributed by atoms with van der Waals surface area (Å²) in [5.74, 6) is 0.800. The van der Waals surface area contributed by atoms with Crippen molar-refractivity contribution in [2.24, 2.45) is 5.73 Å². The van der Waals surface area contributed by atoms with Crippen molar-refractivity contribution in [2.45, 2.75) is 6.04 Å². The molecule has 0 aliphatic rings. The molecule has 0 saturated heterocycles. The summed E-state index contributed by atoms with van der Waals surface area (Å²) in [6.45, 7) is -0.0655. The Morgan fingerprint density at radius 3 is 2.93 bits per heavy atom. The molecule has 0 aliphatic carbocycles. The number of aromatic amines is 1. The number of H-pyrrole nitrogens is 1. The predicted molar refractivity (Wildman–Crippen MR) is 58.9 cm³/mol. The fourth-order valence-corrected chi connectivity index (χ4v) is 1.55. The molecule has 0 aliphatic heterocycles. The Labute approximate surface area is 87.7 Å². The summed E-state index contributed by atoms with van der Waals surface area (Å²) in [6.07, 6.45) is 0. The van der Waals surface area contributed by atoms with Crippen LogP contribution >= 0.6 is 0 Å². The monoisotopic (exact) mass is 206 g/mol. The average Bonchev–Trinajstić information content (AvgIpc) is 2.70. The maximum Gasteiger partial charge on any atom is 0.120 e. The molecule has 80 valence electrons. The molecule has 0 radical (unpaired) electrons. The number of rotatable bonds is 3. The Kier molecular flexibility index (Phi) is 2.62. The van der Waals surface area contributed by atoms with Crippen LogP contribution in [0.5, 0.6) is 5.75 Å². The van der Waals surface area contributed by atoms with E-state index in [1.807, 2.05) is 24.3 Å². The quantitative estimate of drug-likeness (QED) is 0.706. The number of ether oxygens (including phenoxy) is 1. The first-order chi connectivity index (χ1) is 7.24. The Morgan fingerprint density at radius 2 is 2.27 bits per heavy atom. The van der Waals surface area contributed by atoms with Crippen molar-refractivity contribution in [3.8, 4) is 5.75 Å². The van der Waals surface area contributed by atoms with Gasteiger partial charge in [-0.3, -0.25) is 0 Å². The molecule has 1 heterocycles. The summed E-state index contributed by atoms with van der Waals surface area (Å²) in [4.78, 5) is 3.16. The molecule has 0 spiro atoms. The number of fused-ring (bicyclic) bond motifs is 1. The van der Waals surface area contributed by atoms with Crippen LogP contribution in [-0.4, -0.2) is 23.8 Å². The number of hydrogen-bond donors (Lipinski definition) is 3. The van der Waals surface area contributed by atoms with Gasteiger partial charge in [-0.1, -0.05) is 0 Å². The number of aromatic nitrogens is 1. The maximum absolute atomic E-state index is 8.94. The molecule has 4 heteroatoms. The third-order valence-corrected chi connectivity index (χ3v) is 2.45. The molecule has 15 heavy (non-hydrogen) atoms. The second kappa shape index (κ2) is 3.92. The van der Waals surface area contributed by atoms with E-state index >= 15 is 0 Å². The van der Waals surface area contributed by atoms with E-state index in [4.69, 9.17) is 15.6 Å². The smallest absolute Gasteiger partial charge is 0.120 e. The second-order valence-electron chi connectivity index (χ2n) is 3.47.